The third-order valence-electron chi connectivity index (χ3n) is 3.95. The van der Waals surface area contributed by atoms with Crippen LogP contribution in [-0.2, 0) is 0 Å². The van der Waals surface area contributed by atoms with E-state index in [2.05, 4.69) is 25.3 Å². The van der Waals surface area contributed by atoms with Crippen molar-refractivity contribution in [1.82, 2.24) is 24.5 Å². The monoisotopic (exact) mass is 334 g/mol. The molecule has 0 radical (unpaired) electrons. The van der Waals surface area contributed by atoms with Gasteiger partial charge in [0.25, 0.3) is 0 Å². The lowest BCUT2D eigenvalue weighted by Gasteiger charge is -2.15. The molecule has 7 heteroatoms. The lowest BCUT2D eigenvalue weighted by atomic mass is 10.1. The summed E-state index contributed by atoms with van der Waals surface area (Å²) in [7, 11) is 0. The van der Waals surface area contributed by atoms with Gasteiger partial charge in [-0.05, 0) is 30.7 Å². The van der Waals surface area contributed by atoms with Crippen LogP contribution in [0.5, 0.6) is 0 Å². The Balaban J connectivity index is 1.62. The number of pyridine rings is 1. The highest BCUT2D eigenvalue weighted by Crippen LogP contribution is 2.20. The number of anilines is 1. The van der Waals surface area contributed by atoms with Crippen molar-refractivity contribution in [1.29, 1.82) is 0 Å². The Labute approximate surface area is 143 Å². The molecular weight excluding hydrogens is 319 g/mol. The normalized spacial score (nSPS) is 12.2. The summed E-state index contributed by atoms with van der Waals surface area (Å²) >= 11 is 0. The third kappa shape index (κ3) is 3.03. The van der Waals surface area contributed by atoms with Crippen LogP contribution < -0.4 is 5.32 Å². The number of hydrogen-bond acceptors (Lipinski definition) is 5. The van der Waals surface area contributed by atoms with Crippen LogP contribution in [0.2, 0.25) is 0 Å². The third-order valence-corrected chi connectivity index (χ3v) is 3.95. The summed E-state index contributed by atoms with van der Waals surface area (Å²) in [6, 6.07) is 8.20. The summed E-state index contributed by atoms with van der Waals surface area (Å²) in [6.07, 6.45) is 8.46. The Morgan fingerprint density at radius 3 is 2.72 bits per heavy atom. The average molecular weight is 334 g/mol. The molecule has 3 heterocycles. The van der Waals surface area contributed by atoms with Gasteiger partial charge in [-0.3, -0.25) is 14.5 Å². The number of halogens is 1. The second-order valence-corrected chi connectivity index (χ2v) is 5.66. The smallest absolute Gasteiger partial charge is 0.159 e. The standard InChI is InChI=1S/C18H15FN6/c1-12(13-2-4-14(19)5-3-13)23-17-9-21-10-18(24-17)25-11-22-15-6-7-20-8-16(15)25/h2-12H,1H3,(H,23,24). The molecule has 0 amide bonds. The number of nitrogens with one attached hydrogen (secondary N) is 1. The zero-order valence-corrected chi connectivity index (χ0v) is 13.5. The lowest BCUT2D eigenvalue weighted by molar-refractivity contribution is 0.626. The van der Waals surface area contributed by atoms with Gasteiger partial charge >= 0.3 is 0 Å². The van der Waals surface area contributed by atoms with Crippen LogP contribution >= 0.6 is 0 Å². The van der Waals surface area contributed by atoms with E-state index in [1.54, 1.807) is 43.2 Å². The van der Waals surface area contributed by atoms with Crippen molar-refractivity contribution in [3.8, 4) is 5.82 Å². The highest BCUT2D eigenvalue weighted by Gasteiger charge is 2.10. The van der Waals surface area contributed by atoms with E-state index in [0.717, 1.165) is 16.6 Å². The summed E-state index contributed by atoms with van der Waals surface area (Å²) in [5, 5.41) is 3.28. The Hall–Kier alpha value is -3.35. The second kappa shape index (κ2) is 6.27. The van der Waals surface area contributed by atoms with Gasteiger partial charge in [-0.25, -0.2) is 14.4 Å². The van der Waals surface area contributed by atoms with Gasteiger partial charge in [0.15, 0.2) is 5.82 Å². The first-order chi connectivity index (χ1) is 12.2. The molecule has 0 saturated heterocycles. The van der Waals surface area contributed by atoms with E-state index >= 15 is 0 Å². The van der Waals surface area contributed by atoms with Gasteiger partial charge in [0.2, 0.25) is 0 Å². The summed E-state index contributed by atoms with van der Waals surface area (Å²) in [5.41, 5.74) is 2.67. The largest absolute Gasteiger partial charge is 0.362 e. The number of hydrogen-bond donors (Lipinski definition) is 1. The van der Waals surface area contributed by atoms with Gasteiger partial charge in [0.05, 0.1) is 29.6 Å². The zero-order valence-electron chi connectivity index (χ0n) is 13.5. The molecule has 4 rings (SSSR count). The highest BCUT2D eigenvalue weighted by molar-refractivity contribution is 5.75. The van der Waals surface area contributed by atoms with Crippen molar-refractivity contribution in [2.75, 3.05) is 5.32 Å². The summed E-state index contributed by atoms with van der Waals surface area (Å²) < 4.78 is 14.9. The summed E-state index contributed by atoms with van der Waals surface area (Å²) in [5.74, 6) is 1.02. The van der Waals surface area contributed by atoms with Crippen molar-refractivity contribution in [2.45, 2.75) is 13.0 Å². The fraction of sp³-hybridized carbons (Fsp3) is 0.111. The molecule has 0 saturated carbocycles. The quantitative estimate of drug-likeness (QED) is 0.618. The van der Waals surface area contributed by atoms with Crippen LogP contribution in [0.4, 0.5) is 10.2 Å². The Morgan fingerprint density at radius 2 is 1.88 bits per heavy atom. The molecule has 124 valence electrons. The maximum Gasteiger partial charge on any atom is 0.159 e. The van der Waals surface area contributed by atoms with E-state index in [4.69, 9.17) is 0 Å². The average Bonchev–Trinajstić information content (AvgIpc) is 3.06. The molecule has 0 spiro atoms. The minimum absolute atomic E-state index is 0.0358. The van der Waals surface area contributed by atoms with Gasteiger partial charge < -0.3 is 5.32 Å². The minimum atomic E-state index is -0.252. The molecule has 0 bridgehead atoms. The fourth-order valence-electron chi connectivity index (χ4n) is 2.64. The molecular formula is C18H15FN6. The number of imidazole rings is 1. The molecule has 1 N–H and O–H groups in total. The molecule has 0 fully saturated rings. The molecule has 25 heavy (non-hydrogen) atoms. The molecule has 1 aromatic carbocycles. The first kappa shape index (κ1) is 15.2. The van der Waals surface area contributed by atoms with Crippen LogP contribution in [-0.4, -0.2) is 24.5 Å². The molecule has 1 unspecified atom stereocenters. The molecule has 0 aliphatic carbocycles. The lowest BCUT2D eigenvalue weighted by Crippen LogP contribution is -2.09. The van der Waals surface area contributed by atoms with Crippen LogP contribution in [0, 0.1) is 5.82 Å². The number of fused-ring (bicyclic) bond motifs is 1. The van der Waals surface area contributed by atoms with Gasteiger partial charge in [0.1, 0.15) is 18.0 Å². The molecule has 6 nitrogen and oxygen atoms in total. The maximum absolute atomic E-state index is 13.1. The zero-order chi connectivity index (χ0) is 17.2. The summed E-state index contributed by atoms with van der Waals surface area (Å²) in [4.78, 5) is 17.3. The van der Waals surface area contributed by atoms with E-state index in [9.17, 15) is 4.39 Å². The molecule has 4 aromatic rings. The van der Waals surface area contributed by atoms with Crippen molar-refractivity contribution in [2.24, 2.45) is 0 Å². The molecule has 3 aromatic heterocycles. The van der Waals surface area contributed by atoms with E-state index in [-0.39, 0.29) is 11.9 Å². The van der Waals surface area contributed by atoms with Crippen molar-refractivity contribution in [3.05, 3.63) is 72.8 Å². The van der Waals surface area contributed by atoms with Crippen LogP contribution in [0.15, 0.2) is 61.4 Å². The van der Waals surface area contributed by atoms with Gasteiger partial charge in [-0.15, -0.1) is 0 Å². The van der Waals surface area contributed by atoms with E-state index in [1.807, 2.05) is 17.6 Å². The van der Waals surface area contributed by atoms with E-state index in [1.165, 1.54) is 12.1 Å². The van der Waals surface area contributed by atoms with Crippen molar-refractivity contribution < 1.29 is 4.39 Å². The molecule has 0 aliphatic rings. The van der Waals surface area contributed by atoms with Crippen LogP contribution in [0.1, 0.15) is 18.5 Å². The Morgan fingerprint density at radius 1 is 1.04 bits per heavy atom. The van der Waals surface area contributed by atoms with E-state index < -0.39 is 0 Å². The van der Waals surface area contributed by atoms with Gasteiger partial charge in [0, 0.05) is 12.2 Å². The SMILES string of the molecule is CC(Nc1cncc(-n2cnc3ccncc32)n1)c1ccc(F)cc1. The molecule has 0 aliphatic heterocycles. The highest BCUT2D eigenvalue weighted by atomic mass is 19.1. The Kier molecular flexibility index (Phi) is 3.81. The maximum atomic E-state index is 13.1. The predicted octanol–water partition coefficient (Wildman–Crippen LogP) is 3.52. The van der Waals surface area contributed by atoms with Gasteiger partial charge in [-0.1, -0.05) is 12.1 Å². The fourth-order valence-corrected chi connectivity index (χ4v) is 2.64. The summed E-state index contributed by atoms with van der Waals surface area (Å²) in [6.45, 7) is 1.98. The first-order valence-electron chi connectivity index (χ1n) is 7.82. The van der Waals surface area contributed by atoms with E-state index in [0.29, 0.717) is 11.6 Å². The van der Waals surface area contributed by atoms with Crippen LogP contribution in [0.3, 0.4) is 0 Å². The molecule has 1 atom stereocenters. The number of aromatic nitrogens is 5. The number of rotatable bonds is 4. The predicted molar refractivity (Wildman–Crippen MR) is 92.9 cm³/mol. The van der Waals surface area contributed by atoms with Crippen LogP contribution in [0.25, 0.3) is 16.9 Å². The second-order valence-electron chi connectivity index (χ2n) is 5.66. The van der Waals surface area contributed by atoms with Crippen molar-refractivity contribution >= 4 is 16.9 Å². The van der Waals surface area contributed by atoms with Gasteiger partial charge in [-0.2, -0.15) is 0 Å². The Bertz CT molecular complexity index is 1010. The van der Waals surface area contributed by atoms with Crippen molar-refractivity contribution in [3.63, 3.8) is 0 Å². The number of benzene rings is 1. The number of nitrogens with zero attached hydrogens (tertiary/aromatic N) is 5. The minimum Gasteiger partial charge on any atom is -0.362 e. The topological polar surface area (TPSA) is 68.5 Å². The first-order valence-corrected chi connectivity index (χ1v) is 7.82.